The van der Waals surface area contributed by atoms with Crippen molar-refractivity contribution in [1.29, 1.82) is 0 Å². The van der Waals surface area contributed by atoms with Gasteiger partial charge in [0.15, 0.2) is 6.61 Å². The van der Waals surface area contributed by atoms with Gasteiger partial charge in [0.25, 0.3) is 0 Å². The predicted molar refractivity (Wildman–Crippen MR) is 49.3 cm³/mol. The molecule has 1 rings (SSSR count). The molecule has 0 N–H and O–H groups in total. The fraction of sp³-hybridized carbons (Fsp3) is 0.500. The van der Waals surface area contributed by atoms with E-state index >= 15 is 0 Å². The molecule has 0 atom stereocenters. The predicted octanol–water partition coefficient (Wildman–Crippen LogP) is 0.748. The molecule has 0 unspecified atom stereocenters. The van der Waals surface area contributed by atoms with E-state index in [1.807, 2.05) is 31.5 Å². The summed E-state index contributed by atoms with van der Waals surface area (Å²) in [6, 6.07) is 4.00. The number of pyridine rings is 1. The molecular weight excluding hydrogens is 166 g/mol. The highest BCUT2D eigenvalue weighted by molar-refractivity contribution is 5.00. The van der Waals surface area contributed by atoms with Gasteiger partial charge in [0.1, 0.15) is 0 Å². The lowest BCUT2D eigenvalue weighted by Gasteiger charge is -1.98. The second-order valence-electron chi connectivity index (χ2n) is 2.92. The Bertz CT molecular complexity index is 250. The van der Waals surface area contributed by atoms with Gasteiger partial charge in [0, 0.05) is 36.5 Å². The van der Waals surface area contributed by atoms with Crippen LogP contribution in [0.2, 0.25) is 0 Å². The molecule has 0 fully saturated rings. The van der Waals surface area contributed by atoms with Gasteiger partial charge in [0.2, 0.25) is 12.4 Å². The number of aryl methyl sites for hydroxylation is 1. The first kappa shape index (κ1) is 9.99. The summed E-state index contributed by atoms with van der Waals surface area (Å²) >= 11 is 0. The first-order valence-electron chi connectivity index (χ1n) is 4.43. The van der Waals surface area contributed by atoms with Gasteiger partial charge in [-0.25, -0.2) is 0 Å². The van der Waals surface area contributed by atoms with Crippen LogP contribution in [0.15, 0.2) is 24.5 Å². The molecular formula is C10H16NO2+. The molecule has 0 bridgehead atoms. The average Bonchev–Trinajstić information content (AvgIpc) is 2.13. The van der Waals surface area contributed by atoms with E-state index in [1.165, 1.54) is 5.56 Å². The number of hydrogen-bond acceptors (Lipinski definition) is 2. The van der Waals surface area contributed by atoms with Crippen LogP contribution in [-0.4, -0.2) is 20.3 Å². The lowest BCUT2D eigenvalue weighted by atomic mass is 10.3. The van der Waals surface area contributed by atoms with Crippen molar-refractivity contribution in [1.82, 2.24) is 0 Å². The van der Waals surface area contributed by atoms with Crippen LogP contribution in [0.5, 0.6) is 0 Å². The van der Waals surface area contributed by atoms with Crippen molar-refractivity contribution in [2.24, 2.45) is 0 Å². The van der Waals surface area contributed by atoms with E-state index < -0.39 is 0 Å². The number of aromatic nitrogens is 1. The van der Waals surface area contributed by atoms with Crippen molar-refractivity contribution in [2.75, 3.05) is 20.3 Å². The smallest absolute Gasteiger partial charge is 0.225 e. The van der Waals surface area contributed by atoms with Crippen LogP contribution >= 0.6 is 0 Å². The van der Waals surface area contributed by atoms with Crippen molar-refractivity contribution < 1.29 is 14.3 Å². The fourth-order valence-electron chi connectivity index (χ4n) is 1.02. The van der Waals surface area contributed by atoms with Gasteiger partial charge in [-0.2, -0.15) is 0 Å². The molecule has 1 heterocycles. The van der Waals surface area contributed by atoms with Crippen molar-refractivity contribution in [2.45, 2.75) is 13.3 Å². The van der Waals surface area contributed by atoms with Gasteiger partial charge in [-0.15, -0.1) is 0 Å². The molecule has 0 saturated carbocycles. The highest BCUT2D eigenvalue weighted by Gasteiger charge is 1.99. The lowest BCUT2D eigenvalue weighted by Crippen LogP contribution is -2.42. The maximum absolute atomic E-state index is 5.43. The molecule has 0 amide bonds. The Labute approximate surface area is 78.9 Å². The summed E-state index contributed by atoms with van der Waals surface area (Å²) in [7, 11) is 1.69. The van der Waals surface area contributed by atoms with E-state index in [4.69, 9.17) is 9.57 Å². The number of hydrogen-bond donors (Lipinski definition) is 0. The third-order valence-corrected chi connectivity index (χ3v) is 1.66. The SMILES string of the molecule is COCCCO[n+]1cccc(C)c1. The number of ether oxygens (including phenoxy) is 1. The second-order valence-corrected chi connectivity index (χ2v) is 2.92. The maximum Gasteiger partial charge on any atom is 0.225 e. The van der Waals surface area contributed by atoms with E-state index in [2.05, 4.69) is 0 Å². The molecule has 0 aliphatic carbocycles. The highest BCUT2D eigenvalue weighted by atomic mass is 16.7. The molecule has 0 saturated heterocycles. The molecule has 0 aliphatic rings. The minimum atomic E-state index is 0.682. The van der Waals surface area contributed by atoms with Crippen LogP contribution in [0.1, 0.15) is 12.0 Å². The van der Waals surface area contributed by atoms with E-state index in [1.54, 1.807) is 11.8 Å². The van der Waals surface area contributed by atoms with E-state index in [-0.39, 0.29) is 0 Å². The zero-order valence-electron chi connectivity index (χ0n) is 8.19. The van der Waals surface area contributed by atoms with E-state index in [0.29, 0.717) is 6.61 Å². The van der Waals surface area contributed by atoms with Crippen LogP contribution in [0.4, 0.5) is 0 Å². The lowest BCUT2D eigenvalue weighted by molar-refractivity contribution is -0.891. The zero-order valence-corrected chi connectivity index (χ0v) is 8.19. The number of methoxy groups -OCH3 is 1. The standard InChI is InChI=1S/C10H16NO2/c1-10-5-3-6-11(9-10)13-8-4-7-12-2/h3,5-6,9H,4,7-8H2,1-2H3/q+1. The zero-order chi connectivity index (χ0) is 9.52. The molecule has 3 nitrogen and oxygen atoms in total. The Balaban J connectivity index is 2.28. The first-order chi connectivity index (χ1) is 6.33. The topological polar surface area (TPSA) is 22.3 Å². The summed E-state index contributed by atoms with van der Waals surface area (Å²) in [5, 5.41) is 0. The number of nitrogens with zero attached hydrogens (tertiary/aromatic N) is 1. The largest absolute Gasteiger partial charge is 0.385 e. The van der Waals surface area contributed by atoms with Gasteiger partial charge in [0.05, 0.1) is 0 Å². The normalized spacial score (nSPS) is 10.0. The van der Waals surface area contributed by atoms with Gasteiger partial charge < -0.3 is 4.74 Å². The molecule has 1 aromatic heterocycles. The average molecular weight is 182 g/mol. The third-order valence-electron chi connectivity index (χ3n) is 1.66. The van der Waals surface area contributed by atoms with Crippen molar-refractivity contribution in [3.8, 4) is 0 Å². The molecule has 72 valence electrons. The Morgan fingerprint density at radius 1 is 1.38 bits per heavy atom. The van der Waals surface area contributed by atoms with Crippen LogP contribution in [0, 0.1) is 6.92 Å². The van der Waals surface area contributed by atoms with Gasteiger partial charge in [-0.05, 0) is 13.0 Å². The number of rotatable bonds is 5. The molecule has 0 spiro atoms. The molecule has 0 aromatic carbocycles. The molecule has 0 radical (unpaired) electrons. The maximum atomic E-state index is 5.43. The van der Waals surface area contributed by atoms with Crippen LogP contribution in [0.25, 0.3) is 0 Å². The monoisotopic (exact) mass is 182 g/mol. The van der Waals surface area contributed by atoms with Crippen molar-refractivity contribution >= 4 is 0 Å². The summed E-state index contributed by atoms with van der Waals surface area (Å²) in [5.41, 5.74) is 1.19. The van der Waals surface area contributed by atoms with Gasteiger partial charge in [-0.1, -0.05) is 0 Å². The fourth-order valence-corrected chi connectivity index (χ4v) is 1.02. The van der Waals surface area contributed by atoms with Crippen LogP contribution < -0.4 is 9.57 Å². The van der Waals surface area contributed by atoms with Crippen molar-refractivity contribution in [3.05, 3.63) is 30.1 Å². The Morgan fingerprint density at radius 3 is 2.92 bits per heavy atom. The molecule has 0 aliphatic heterocycles. The second kappa shape index (κ2) is 5.54. The summed E-state index contributed by atoms with van der Waals surface area (Å²) in [6.07, 6.45) is 4.75. The Hall–Kier alpha value is -1.09. The van der Waals surface area contributed by atoms with E-state index in [9.17, 15) is 0 Å². The summed E-state index contributed by atoms with van der Waals surface area (Å²) in [6.45, 7) is 3.46. The summed E-state index contributed by atoms with van der Waals surface area (Å²) in [4.78, 5) is 5.43. The quantitative estimate of drug-likeness (QED) is 0.495. The van der Waals surface area contributed by atoms with Crippen LogP contribution in [0.3, 0.4) is 0 Å². The third kappa shape index (κ3) is 3.90. The highest BCUT2D eigenvalue weighted by Crippen LogP contribution is 1.88. The molecule has 1 aromatic rings. The van der Waals surface area contributed by atoms with Gasteiger partial charge >= 0.3 is 0 Å². The Kier molecular flexibility index (Phi) is 4.26. The minimum Gasteiger partial charge on any atom is -0.385 e. The molecule has 3 heteroatoms. The Morgan fingerprint density at radius 2 is 2.23 bits per heavy atom. The van der Waals surface area contributed by atoms with E-state index in [0.717, 1.165) is 13.0 Å². The first-order valence-corrected chi connectivity index (χ1v) is 4.43. The molecule has 13 heavy (non-hydrogen) atoms. The summed E-state index contributed by atoms with van der Waals surface area (Å²) < 4.78 is 6.64. The minimum absolute atomic E-state index is 0.682. The summed E-state index contributed by atoms with van der Waals surface area (Å²) in [5.74, 6) is 0. The van der Waals surface area contributed by atoms with Gasteiger partial charge in [-0.3, -0.25) is 4.84 Å². The van der Waals surface area contributed by atoms with Crippen molar-refractivity contribution in [3.63, 3.8) is 0 Å². The van der Waals surface area contributed by atoms with Crippen LogP contribution in [-0.2, 0) is 4.74 Å².